The van der Waals surface area contributed by atoms with E-state index in [1.54, 1.807) is 4.31 Å². The molecule has 0 spiro atoms. The van der Waals surface area contributed by atoms with E-state index >= 15 is 0 Å². The summed E-state index contributed by atoms with van der Waals surface area (Å²) in [4.78, 5) is 5.19. The zero-order valence-corrected chi connectivity index (χ0v) is 21.0. The van der Waals surface area contributed by atoms with Crippen molar-refractivity contribution in [3.8, 4) is 0 Å². The first-order valence-electron chi connectivity index (χ1n) is 10.8. The highest BCUT2D eigenvalue weighted by Crippen LogP contribution is 2.38. The number of pyridine rings is 1. The van der Waals surface area contributed by atoms with Gasteiger partial charge < -0.3 is 0 Å². The molecule has 0 aliphatic heterocycles. The Labute approximate surface area is 198 Å². The van der Waals surface area contributed by atoms with Crippen molar-refractivity contribution in [1.29, 1.82) is 0 Å². The summed E-state index contributed by atoms with van der Waals surface area (Å²) in [5.41, 5.74) is 4.90. The van der Waals surface area contributed by atoms with Crippen LogP contribution in [0.1, 0.15) is 29.5 Å². The number of aromatic nitrogens is 1. The Morgan fingerprint density at radius 3 is 1.91 bits per heavy atom. The summed E-state index contributed by atoms with van der Waals surface area (Å²) < 4.78 is 30.1. The normalized spacial score (nSPS) is 11.9. The molecule has 0 aliphatic carbocycles. The van der Waals surface area contributed by atoms with Crippen molar-refractivity contribution in [2.75, 3.05) is 16.2 Å². The monoisotopic (exact) mass is 510 g/mol. The van der Waals surface area contributed by atoms with E-state index in [1.807, 2.05) is 81.4 Å². The Kier molecular flexibility index (Phi) is 6.54. The molecule has 0 radical (unpaired) electrons. The molecule has 0 amide bonds. The maximum Gasteiger partial charge on any atom is 0.264 e. The van der Waals surface area contributed by atoms with E-state index in [4.69, 9.17) is 4.98 Å². The fraction of sp³-hybridized carbons (Fsp3) is 0.269. The van der Waals surface area contributed by atoms with Gasteiger partial charge in [-0.2, -0.15) is 0 Å². The van der Waals surface area contributed by atoms with Gasteiger partial charge in [0.15, 0.2) is 0 Å². The highest BCUT2D eigenvalue weighted by molar-refractivity contribution is 9.09. The minimum absolute atomic E-state index is 0.395. The molecule has 0 atom stereocenters. The van der Waals surface area contributed by atoms with Gasteiger partial charge in [0.1, 0.15) is 0 Å². The molecule has 0 bridgehead atoms. The molecule has 3 aromatic carbocycles. The summed E-state index contributed by atoms with van der Waals surface area (Å²) in [5, 5.41) is 2.52. The average Bonchev–Trinajstić information content (AvgIpc) is 2.74. The van der Waals surface area contributed by atoms with Crippen molar-refractivity contribution in [3.05, 3.63) is 77.4 Å². The zero-order valence-electron chi connectivity index (χ0n) is 18.6. The molecule has 0 unspecified atom stereocenters. The van der Waals surface area contributed by atoms with Gasteiger partial charge in [-0.25, -0.2) is 13.4 Å². The Morgan fingerprint density at radius 1 is 0.844 bits per heavy atom. The van der Waals surface area contributed by atoms with Crippen molar-refractivity contribution < 1.29 is 8.42 Å². The van der Waals surface area contributed by atoms with Gasteiger partial charge in [-0.15, -0.1) is 0 Å². The average molecular weight is 511 g/mol. The van der Waals surface area contributed by atoms with Crippen LogP contribution in [0.4, 0.5) is 5.69 Å². The molecule has 0 aliphatic rings. The fourth-order valence-electron chi connectivity index (χ4n) is 4.47. The molecule has 1 heterocycles. The number of hydrogen-bond donors (Lipinski definition) is 0. The lowest BCUT2D eigenvalue weighted by atomic mass is 10.1. The van der Waals surface area contributed by atoms with Crippen LogP contribution in [0, 0.1) is 20.8 Å². The van der Waals surface area contributed by atoms with Crippen molar-refractivity contribution >= 4 is 53.4 Å². The predicted octanol–water partition coefficient (Wildman–Crippen LogP) is 6.68. The van der Waals surface area contributed by atoms with Crippen LogP contribution in [-0.4, -0.2) is 25.3 Å². The van der Waals surface area contributed by atoms with Crippen LogP contribution < -0.4 is 4.31 Å². The summed E-state index contributed by atoms with van der Waals surface area (Å²) in [6.07, 6.45) is 1.64. The molecule has 0 saturated heterocycles. The van der Waals surface area contributed by atoms with E-state index in [0.717, 1.165) is 56.7 Å². The Bertz CT molecular complexity index is 1320. The summed E-state index contributed by atoms with van der Waals surface area (Å²) in [6, 6.07) is 19.4. The third-order valence-electron chi connectivity index (χ3n) is 5.71. The van der Waals surface area contributed by atoms with Gasteiger partial charge >= 0.3 is 0 Å². The van der Waals surface area contributed by atoms with E-state index in [2.05, 4.69) is 15.9 Å². The smallest absolute Gasteiger partial charge is 0.264 e. The van der Waals surface area contributed by atoms with Crippen LogP contribution in [0.2, 0.25) is 0 Å². The number of fused-ring (bicyclic) bond motifs is 2. The molecule has 4 aromatic rings. The first-order chi connectivity index (χ1) is 15.3. The lowest BCUT2D eigenvalue weighted by Crippen LogP contribution is -2.33. The van der Waals surface area contributed by atoms with Crippen LogP contribution in [0.3, 0.4) is 0 Å². The number of aryl methyl sites for hydroxylation is 3. The highest BCUT2D eigenvalue weighted by atomic mass is 79.9. The van der Waals surface area contributed by atoms with E-state index in [9.17, 15) is 8.42 Å². The van der Waals surface area contributed by atoms with Gasteiger partial charge in [-0.1, -0.05) is 70.0 Å². The van der Waals surface area contributed by atoms with Crippen LogP contribution in [0.15, 0.2) is 65.6 Å². The van der Waals surface area contributed by atoms with Crippen LogP contribution >= 0.6 is 15.9 Å². The molecule has 4 rings (SSSR count). The number of hydrogen-bond acceptors (Lipinski definition) is 3. The molecular weight excluding hydrogens is 484 g/mol. The van der Waals surface area contributed by atoms with E-state index < -0.39 is 10.0 Å². The quantitative estimate of drug-likeness (QED) is 0.158. The lowest BCUT2D eigenvalue weighted by molar-refractivity contribution is 0.588. The summed E-state index contributed by atoms with van der Waals surface area (Å²) >= 11 is 3.48. The molecule has 0 saturated carbocycles. The standard InChI is InChI=1S/C26H27BrN2O2S/c1-18-16-19(2)26(20(3)17-18)32(30,31)29(15-9-8-14-27)25-21-10-4-6-12-23(21)28-24-13-7-5-11-22(24)25/h4-7,10-13,16-17H,8-9,14-15H2,1-3H3. The summed E-state index contributed by atoms with van der Waals surface area (Å²) in [6.45, 7) is 6.16. The topological polar surface area (TPSA) is 50.3 Å². The molecule has 4 nitrogen and oxygen atoms in total. The number of alkyl halides is 1. The van der Waals surface area contributed by atoms with Crippen molar-refractivity contribution in [1.82, 2.24) is 4.98 Å². The fourth-order valence-corrected chi connectivity index (χ4v) is 6.83. The Morgan fingerprint density at radius 2 is 1.38 bits per heavy atom. The number of sulfonamides is 1. The van der Waals surface area contributed by atoms with Crippen LogP contribution in [0.25, 0.3) is 21.8 Å². The second kappa shape index (κ2) is 9.20. The van der Waals surface area contributed by atoms with Gasteiger partial charge in [0.2, 0.25) is 0 Å². The zero-order chi connectivity index (χ0) is 22.9. The van der Waals surface area contributed by atoms with E-state index in [-0.39, 0.29) is 0 Å². The number of rotatable bonds is 7. The maximum absolute atomic E-state index is 14.3. The van der Waals surface area contributed by atoms with Crippen LogP contribution in [-0.2, 0) is 10.0 Å². The molecule has 1 aromatic heterocycles. The van der Waals surface area contributed by atoms with Gasteiger partial charge in [0.05, 0.1) is 21.6 Å². The largest absolute Gasteiger partial charge is 0.265 e. The molecule has 0 fully saturated rings. The number of anilines is 1. The predicted molar refractivity (Wildman–Crippen MR) is 137 cm³/mol. The molecular formula is C26H27BrN2O2S. The number of halogens is 1. The van der Waals surface area contributed by atoms with Gasteiger partial charge in [0.25, 0.3) is 10.0 Å². The van der Waals surface area contributed by atoms with Crippen molar-refractivity contribution in [2.45, 2.75) is 38.5 Å². The number of nitrogens with zero attached hydrogens (tertiary/aromatic N) is 2. The van der Waals surface area contributed by atoms with Crippen molar-refractivity contribution in [3.63, 3.8) is 0 Å². The van der Waals surface area contributed by atoms with Crippen LogP contribution in [0.5, 0.6) is 0 Å². The van der Waals surface area contributed by atoms with Gasteiger partial charge in [-0.3, -0.25) is 4.31 Å². The molecule has 0 N–H and O–H groups in total. The Hall–Kier alpha value is -2.44. The maximum atomic E-state index is 14.3. The SMILES string of the molecule is Cc1cc(C)c(S(=O)(=O)N(CCCCBr)c2c3ccccc3nc3ccccc23)c(C)c1. The molecule has 32 heavy (non-hydrogen) atoms. The second-order valence-corrected chi connectivity index (χ2v) is 10.8. The molecule has 166 valence electrons. The second-order valence-electron chi connectivity index (χ2n) is 8.20. The third-order valence-corrected chi connectivity index (χ3v) is 8.37. The lowest BCUT2D eigenvalue weighted by Gasteiger charge is -2.28. The summed E-state index contributed by atoms with van der Waals surface area (Å²) in [5.74, 6) is 0. The minimum atomic E-state index is -3.81. The van der Waals surface area contributed by atoms with E-state index in [1.165, 1.54) is 0 Å². The number of benzene rings is 3. The Balaban J connectivity index is 2.04. The first-order valence-corrected chi connectivity index (χ1v) is 13.3. The third kappa shape index (κ3) is 4.14. The minimum Gasteiger partial charge on any atom is -0.265 e. The number of para-hydroxylation sites is 2. The van der Waals surface area contributed by atoms with Gasteiger partial charge in [0, 0.05) is 22.6 Å². The number of unbranched alkanes of at least 4 members (excludes halogenated alkanes) is 1. The first kappa shape index (κ1) is 22.7. The highest BCUT2D eigenvalue weighted by Gasteiger charge is 2.30. The molecule has 6 heteroatoms. The summed E-state index contributed by atoms with van der Waals surface area (Å²) in [7, 11) is -3.81. The van der Waals surface area contributed by atoms with Crippen molar-refractivity contribution in [2.24, 2.45) is 0 Å². The van der Waals surface area contributed by atoms with E-state index in [0.29, 0.717) is 17.1 Å². The van der Waals surface area contributed by atoms with Gasteiger partial charge in [-0.05, 0) is 56.9 Å².